The highest BCUT2D eigenvalue weighted by atomic mass is 19.2. The van der Waals surface area contributed by atoms with E-state index in [0.717, 1.165) is 54.2 Å². The van der Waals surface area contributed by atoms with Crippen LogP contribution in [0, 0.1) is 22.9 Å². The lowest BCUT2D eigenvalue weighted by molar-refractivity contribution is 0.0235. The second-order valence-corrected chi connectivity index (χ2v) is 10.9. The number of aryl methyl sites for hydroxylation is 1. The normalized spacial score (nSPS) is 16.4. The molecule has 4 rings (SSSR count). The number of nitrogens with zero attached hydrogens (tertiary/aromatic N) is 3. The number of methoxy groups -OCH3 is 1. The maximum atomic E-state index is 13.9. The van der Waals surface area contributed by atoms with Crippen LogP contribution in [0.3, 0.4) is 0 Å². The number of ether oxygens (including phenoxy) is 1. The zero-order valence-electron chi connectivity index (χ0n) is 22.9. The molecule has 0 saturated carbocycles. The highest BCUT2D eigenvalue weighted by molar-refractivity contribution is 5.88. The summed E-state index contributed by atoms with van der Waals surface area (Å²) in [5, 5.41) is 22.6. The van der Waals surface area contributed by atoms with Gasteiger partial charge in [-0.25, -0.2) is 13.2 Å². The van der Waals surface area contributed by atoms with Crippen LogP contribution in [0.5, 0.6) is 5.75 Å². The molecule has 1 atom stereocenters. The van der Waals surface area contributed by atoms with Gasteiger partial charge in [0.15, 0.2) is 11.6 Å². The molecule has 0 spiro atoms. The number of hydrogen-bond donors (Lipinski definition) is 2. The Morgan fingerprint density at radius 3 is 2.54 bits per heavy atom. The molecule has 6 nitrogen and oxygen atoms in total. The molecule has 3 aromatic rings. The maximum absolute atomic E-state index is 13.9. The first kappa shape index (κ1) is 29.1. The number of likely N-dealkylation sites (tertiary alicyclic amines) is 1. The number of fused-ring (bicyclic) bond motifs is 1. The van der Waals surface area contributed by atoms with Crippen molar-refractivity contribution in [1.82, 2.24) is 9.88 Å². The van der Waals surface area contributed by atoms with Crippen molar-refractivity contribution in [1.29, 1.82) is 0 Å². The first-order chi connectivity index (χ1) is 18.7. The van der Waals surface area contributed by atoms with Crippen molar-refractivity contribution < 1.29 is 28.1 Å². The number of anilines is 1. The van der Waals surface area contributed by atoms with Gasteiger partial charge in [0, 0.05) is 37.7 Å². The van der Waals surface area contributed by atoms with Crippen LogP contribution < -0.4 is 9.64 Å². The summed E-state index contributed by atoms with van der Waals surface area (Å²) in [6.45, 7) is 2.23. The predicted octanol–water partition coefficient (Wildman–Crippen LogP) is 5.25. The molecule has 0 radical (unpaired) electrons. The topological polar surface area (TPSA) is 69.1 Å². The largest absolute Gasteiger partial charge is 0.497 e. The van der Waals surface area contributed by atoms with E-state index in [1.807, 2.05) is 37.2 Å². The van der Waals surface area contributed by atoms with E-state index in [4.69, 9.17) is 4.74 Å². The quantitative estimate of drug-likeness (QED) is 0.321. The lowest BCUT2D eigenvalue weighted by Gasteiger charge is -2.41. The number of piperidine rings is 1. The number of halogens is 3. The zero-order valence-corrected chi connectivity index (χ0v) is 22.9. The summed E-state index contributed by atoms with van der Waals surface area (Å²) >= 11 is 0. The molecule has 2 heterocycles. The number of aliphatic hydroxyl groups excluding tert-OH is 2. The summed E-state index contributed by atoms with van der Waals surface area (Å²) in [6, 6.07) is 7.25. The van der Waals surface area contributed by atoms with Gasteiger partial charge in [-0.3, -0.25) is 4.98 Å². The first-order valence-corrected chi connectivity index (χ1v) is 13.4. The molecule has 0 bridgehead atoms. The Hall–Kier alpha value is -2.88. The van der Waals surface area contributed by atoms with E-state index < -0.39 is 23.6 Å². The van der Waals surface area contributed by atoms with Crippen molar-refractivity contribution in [3.63, 3.8) is 0 Å². The molecule has 2 aromatic carbocycles. The Kier molecular flexibility index (Phi) is 9.35. The molecular formula is C30H38F3N3O3. The molecule has 0 amide bonds. The molecule has 39 heavy (non-hydrogen) atoms. The average molecular weight is 546 g/mol. The highest BCUT2D eigenvalue weighted by Gasteiger charge is 2.35. The van der Waals surface area contributed by atoms with Gasteiger partial charge < -0.3 is 24.7 Å². The van der Waals surface area contributed by atoms with E-state index in [2.05, 4.69) is 9.88 Å². The number of aromatic nitrogens is 1. The predicted molar refractivity (Wildman–Crippen MR) is 147 cm³/mol. The van der Waals surface area contributed by atoms with E-state index in [9.17, 15) is 23.4 Å². The number of benzene rings is 2. The van der Waals surface area contributed by atoms with Gasteiger partial charge in [0.05, 0.1) is 30.6 Å². The molecule has 0 unspecified atom stereocenters. The molecule has 0 aliphatic carbocycles. The van der Waals surface area contributed by atoms with Crippen molar-refractivity contribution in [2.45, 2.75) is 44.6 Å². The van der Waals surface area contributed by atoms with Crippen LogP contribution in [0.2, 0.25) is 0 Å². The SMILES string of the molecule is COc1ccc2ncc(N(C)C)c([C@@H](O)CCC3(CO)CCN(CCCc4cc(F)cc(F)c4F)CC3)c2c1. The van der Waals surface area contributed by atoms with Gasteiger partial charge >= 0.3 is 0 Å². The van der Waals surface area contributed by atoms with E-state index in [1.54, 1.807) is 13.3 Å². The van der Waals surface area contributed by atoms with Gasteiger partial charge in [-0.1, -0.05) is 0 Å². The smallest absolute Gasteiger partial charge is 0.162 e. The summed E-state index contributed by atoms with van der Waals surface area (Å²) in [6.07, 6.45) is 4.55. The standard InChI is InChI=1S/C30H38F3N3O3/c1-35(2)26-18-34-25-7-6-22(39-3)17-23(25)28(26)27(38)8-9-30(19-37)10-13-36(14-11-30)12-4-5-20-15-21(31)16-24(32)29(20)33/h6-7,15-18,27,37-38H,4-5,8-14,19H2,1-3H3/t27-/m0/s1. The Labute approximate surface area is 228 Å². The van der Waals surface area contributed by atoms with Crippen molar-refractivity contribution in [3.05, 3.63) is 65.1 Å². The highest BCUT2D eigenvalue weighted by Crippen LogP contribution is 2.41. The molecule has 1 aliphatic heterocycles. The Balaban J connectivity index is 1.38. The number of rotatable bonds is 11. The summed E-state index contributed by atoms with van der Waals surface area (Å²) < 4.78 is 46.3. The van der Waals surface area contributed by atoms with Gasteiger partial charge in [0.25, 0.3) is 0 Å². The van der Waals surface area contributed by atoms with Crippen LogP contribution in [0.1, 0.15) is 49.3 Å². The molecule has 2 N–H and O–H groups in total. The first-order valence-electron chi connectivity index (χ1n) is 13.4. The van der Waals surface area contributed by atoms with Crippen molar-refractivity contribution in [2.75, 3.05) is 52.3 Å². The minimum Gasteiger partial charge on any atom is -0.497 e. The van der Waals surface area contributed by atoms with Crippen molar-refractivity contribution in [2.24, 2.45) is 5.41 Å². The van der Waals surface area contributed by atoms with E-state index in [0.29, 0.717) is 37.6 Å². The lowest BCUT2D eigenvalue weighted by atomic mass is 9.74. The van der Waals surface area contributed by atoms with Crippen LogP contribution in [0.25, 0.3) is 10.9 Å². The number of pyridine rings is 1. The Morgan fingerprint density at radius 2 is 1.87 bits per heavy atom. The summed E-state index contributed by atoms with van der Waals surface area (Å²) in [7, 11) is 5.45. The van der Waals surface area contributed by atoms with E-state index in [-0.39, 0.29) is 24.0 Å². The third kappa shape index (κ3) is 6.65. The summed E-state index contributed by atoms with van der Waals surface area (Å²) in [5.74, 6) is -2.22. The van der Waals surface area contributed by atoms with Gasteiger partial charge in [0.2, 0.25) is 0 Å². The van der Waals surface area contributed by atoms with E-state index >= 15 is 0 Å². The van der Waals surface area contributed by atoms with Crippen molar-refractivity contribution >= 4 is 16.6 Å². The van der Waals surface area contributed by atoms with Crippen LogP contribution >= 0.6 is 0 Å². The fourth-order valence-electron chi connectivity index (χ4n) is 5.62. The van der Waals surface area contributed by atoms with Crippen molar-refractivity contribution in [3.8, 4) is 5.75 Å². The molecule has 212 valence electrons. The van der Waals surface area contributed by atoms with Crippen LogP contribution in [0.4, 0.5) is 18.9 Å². The lowest BCUT2D eigenvalue weighted by Crippen LogP contribution is -2.42. The van der Waals surface area contributed by atoms with Gasteiger partial charge in [-0.05, 0) is 93.4 Å². The Morgan fingerprint density at radius 1 is 1.13 bits per heavy atom. The van der Waals surface area contributed by atoms with Crippen LogP contribution in [-0.4, -0.2) is 67.5 Å². The minimum atomic E-state index is -1.16. The molecule has 1 aromatic heterocycles. The average Bonchev–Trinajstić information content (AvgIpc) is 2.94. The van der Waals surface area contributed by atoms with Gasteiger partial charge in [-0.15, -0.1) is 0 Å². The minimum absolute atomic E-state index is 0.0345. The fraction of sp³-hybridized carbons (Fsp3) is 0.500. The maximum Gasteiger partial charge on any atom is 0.162 e. The summed E-state index contributed by atoms with van der Waals surface area (Å²) in [4.78, 5) is 8.73. The Bertz CT molecular complexity index is 1280. The van der Waals surface area contributed by atoms with Gasteiger partial charge in [0.1, 0.15) is 11.6 Å². The number of hydrogen-bond acceptors (Lipinski definition) is 6. The molecule has 9 heteroatoms. The second-order valence-electron chi connectivity index (χ2n) is 10.9. The second kappa shape index (κ2) is 12.5. The molecule has 1 saturated heterocycles. The third-order valence-electron chi connectivity index (χ3n) is 8.10. The zero-order chi connectivity index (χ0) is 28.2. The fourth-order valence-corrected chi connectivity index (χ4v) is 5.62. The van der Waals surface area contributed by atoms with E-state index in [1.165, 1.54) is 0 Å². The third-order valence-corrected chi connectivity index (χ3v) is 8.10. The monoisotopic (exact) mass is 545 g/mol. The van der Waals surface area contributed by atoms with Gasteiger partial charge in [-0.2, -0.15) is 0 Å². The molecule has 1 aliphatic rings. The molecule has 1 fully saturated rings. The van der Waals surface area contributed by atoms with Crippen LogP contribution in [-0.2, 0) is 6.42 Å². The van der Waals surface area contributed by atoms with Crippen LogP contribution in [0.15, 0.2) is 36.5 Å². The summed E-state index contributed by atoms with van der Waals surface area (Å²) in [5.41, 5.74) is 2.18. The molecular weight excluding hydrogens is 507 g/mol. The number of aliphatic hydroxyl groups is 2.